The SMILES string of the molecule is Cc1ccc(-n2nnc(C(=O)N3CCO[C@H](C)C3)c2C(C)C)cc1. The van der Waals surface area contributed by atoms with Gasteiger partial charge >= 0.3 is 0 Å². The zero-order valence-corrected chi connectivity index (χ0v) is 14.7. The minimum atomic E-state index is -0.0628. The minimum Gasteiger partial charge on any atom is -0.375 e. The van der Waals surface area contributed by atoms with Crippen LogP contribution in [0.4, 0.5) is 0 Å². The highest BCUT2D eigenvalue weighted by molar-refractivity contribution is 5.93. The lowest BCUT2D eigenvalue weighted by Crippen LogP contribution is -2.45. The van der Waals surface area contributed by atoms with Gasteiger partial charge in [-0.1, -0.05) is 36.8 Å². The molecule has 3 rings (SSSR count). The molecule has 0 unspecified atom stereocenters. The largest absolute Gasteiger partial charge is 0.375 e. The fraction of sp³-hybridized carbons (Fsp3) is 0.500. The number of aromatic nitrogens is 3. The van der Waals surface area contributed by atoms with E-state index in [2.05, 4.69) is 24.2 Å². The molecule has 2 heterocycles. The normalized spacial score (nSPS) is 18.2. The van der Waals surface area contributed by atoms with Crippen LogP contribution in [-0.2, 0) is 4.74 Å². The van der Waals surface area contributed by atoms with Gasteiger partial charge in [0.05, 0.1) is 24.1 Å². The lowest BCUT2D eigenvalue weighted by Gasteiger charge is -2.30. The number of carbonyl (C=O) groups is 1. The van der Waals surface area contributed by atoms with E-state index in [-0.39, 0.29) is 17.9 Å². The molecule has 1 atom stereocenters. The maximum absolute atomic E-state index is 12.9. The quantitative estimate of drug-likeness (QED) is 0.869. The highest BCUT2D eigenvalue weighted by Gasteiger charge is 2.29. The molecule has 0 N–H and O–H groups in total. The Kier molecular flexibility index (Phi) is 4.66. The van der Waals surface area contributed by atoms with Gasteiger partial charge in [0.2, 0.25) is 0 Å². The second-order valence-corrected chi connectivity index (χ2v) is 6.66. The van der Waals surface area contributed by atoms with Gasteiger partial charge in [-0.3, -0.25) is 4.79 Å². The van der Waals surface area contributed by atoms with Gasteiger partial charge in [-0.15, -0.1) is 5.10 Å². The molecule has 0 radical (unpaired) electrons. The van der Waals surface area contributed by atoms with Crippen molar-refractivity contribution in [2.75, 3.05) is 19.7 Å². The van der Waals surface area contributed by atoms with Crippen LogP contribution in [0.25, 0.3) is 5.69 Å². The summed E-state index contributed by atoms with van der Waals surface area (Å²) in [5.41, 5.74) is 3.40. The van der Waals surface area contributed by atoms with Gasteiger partial charge in [0, 0.05) is 13.1 Å². The van der Waals surface area contributed by atoms with Crippen LogP contribution >= 0.6 is 0 Å². The van der Waals surface area contributed by atoms with E-state index >= 15 is 0 Å². The Morgan fingerprint density at radius 2 is 2.00 bits per heavy atom. The van der Waals surface area contributed by atoms with Crippen molar-refractivity contribution in [1.29, 1.82) is 0 Å². The van der Waals surface area contributed by atoms with Gasteiger partial charge in [0.1, 0.15) is 0 Å². The number of rotatable bonds is 3. The lowest BCUT2D eigenvalue weighted by atomic mass is 10.1. The van der Waals surface area contributed by atoms with Crippen molar-refractivity contribution < 1.29 is 9.53 Å². The molecule has 0 saturated carbocycles. The molecule has 0 bridgehead atoms. The fourth-order valence-corrected chi connectivity index (χ4v) is 2.99. The van der Waals surface area contributed by atoms with Gasteiger partial charge in [-0.05, 0) is 31.9 Å². The highest BCUT2D eigenvalue weighted by Crippen LogP contribution is 2.23. The molecule has 128 valence electrons. The van der Waals surface area contributed by atoms with Crippen LogP contribution in [0.1, 0.15) is 48.4 Å². The second-order valence-electron chi connectivity index (χ2n) is 6.66. The molecule has 6 nitrogen and oxygen atoms in total. The number of carbonyl (C=O) groups excluding carboxylic acids is 1. The highest BCUT2D eigenvalue weighted by atomic mass is 16.5. The summed E-state index contributed by atoms with van der Waals surface area (Å²) in [5, 5.41) is 8.48. The van der Waals surface area contributed by atoms with Gasteiger partial charge in [-0.2, -0.15) is 0 Å². The standard InChI is InChI=1S/C18H24N4O2/c1-12(2)17-16(18(23)21-9-10-24-14(4)11-21)19-20-22(17)15-7-5-13(3)6-8-15/h5-8,12,14H,9-11H2,1-4H3/t14-/m1/s1. The zero-order chi connectivity index (χ0) is 17.3. The minimum absolute atomic E-state index is 0.0531. The summed E-state index contributed by atoms with van der Waals surface area (Å²) in [5.74, 6) is 0.0749. The third-order valence-corrected chi connectivity index (χ3v) is 4.26. The Labute approximate surface area is 142 Å². The first-order chi connectivity index (χ1) is 11.5. The predicted octanol–water partition coefficient (Wildman–Crippen LogP) is 2.56. The van der Waals surface area contributed by atoms with E-state index in [1.807, 2.05) is 43.0 Å². The summed E-state index contributed by atoms with van der Waals surface area (Å²) in [6, 6.07) is 8.07. The van der Waals surface area contributed by atoms with Crippen molar-refractivity contribution in [1.82, 2.24) is 19.9 Å². The van der Waals surface area contributed by atoms with Crippen LogP contribution in [0.2, 0.25) is 0 Å². The van der Waals surface area contributed by atoms with Crippen LogP contribution in [-0.4, -0.2) is 51.6 Å². The molecule has 1 amide bonds. The molecular weight excluding hydrogens is 304 g/mol. The van der Waals surface area contributed by atoms with Gasteiger partial charge in [-0.25, -0.2) is 4.68 Å². The van der Waals surface area contributed by atoms with Gasteiger partial charge in [0.25, 0.3) is 5.91 Å². The van der Waals surface area contributed by atoms with E-state index in [9.17, 15) is 4.79 Å². The molecule has 1 saturated heterocycles. The van der Waals surface area contributed by atoms with Crippen LogP contribution < -0.4 is 0 Å². The molecule has 6 heteroatoms. The molecule has 2 aromatic rings. The van der Waals surface area contributed by atoms with Gasteiger partial charge in [0.15, 0.2) is 5.69 Å². The molecule has 1 aliphatic heterocycles. The fourth-order valence-electron chi connectivity index (χ4n) is 2.99. The van der Waals surface area contributed by atoms with E-state index < -0.39 is 0 Å². The third-order valence-electron chi connectivity index (χ3n) is 4.26. The summed E-state index contributed by atoms with van der Waals surface area (Å²) in [4.78, 5) is 14.7. The van der Waals surface area contributed by atoms with Crippen molar-refractivity contribution in [2.45, 2.75) is 39.7 Å². The molecule has 0 aliphatic carbocycles. The maximum Gasteiger partial charge on any atom is 0.276 e. The Bertz CT molecular complexity index is 721. The van der Waals surface area contributed by atoms with Crippen LogP contribution in [0, 0.1) is 6.92 Å². The Morgan fingerprint density at radius 3 is 2.62 bits per heavy atom. The van der Waals surface area contributed by atoms with Crippen LogP contribution in [0.3, 0.4) is 0 Å². The zero-order valence-electron chi connectivity index (χ0n) is 14.7. The number of aryl methyl sites for hydroxylation is 1. The monoisotopic (exact) mass is 328 g/mol. The third kappa shape index (κ3) is 3.19. The van der Waals surface area contributed by atoms with Crippen molar-refractivity contribution in [3.8, 4) is 5.69 Å². The topological polar surface area (TPSA) is 60.2 Å². The Hall–Kier alpha value is -2.21. The average Bonchev–Trinajstić information content (AvgIpc) is 3.00. The van der Waals surface area contributed by atoms with Crippen molar-refractivity contribution in [2.24, 2.45) is 0 Å². The molecule has 1 fully saturated rings. The van der Waals surface area contributed by atoms with E-state index in [0.717, 1.165) is 11.4 Å². The summed E-state index contributed by atoms with van der Waals surface area (Å²) >= 11 is 0. The van der Waals surface area contributed by atoms with E-state index in [0.29, 0.717) is 25.4 Å². The van der Waals surface area contributed by atoms with Crippen molar-refractivity contribution in [3.63, 3.8) is 0 Å². The summed E-state index contributed by atoms with van der Waals surface area (Å²) in [6.07, 6.45) is 0.0531. The molecule has 1 aromatic heterocycles. The number of benzene rings is 1. The number of morpholine rings is 1. The molecule has 0 spiro atoms. The Balaban J connectivity index is 1.97. The number of hydrogen-bond donors (Lipinski definition) is 0. The Morgan fingerprint density at radius 1 is 1.29 bits per heavy atom. The van der Waals surface area contributed by atoms with Crippen molar-refractivity contribution >= 4 is 5.91 Å². The summed E-state index contributed by atoms with van der Waals surface area (Å²) in [6.45, 7) is 9.89. The van der Waals surface area contributed by atoms with E-state index in [4.69, 9.17) is 4.74 Å². The van der Waals surface area contributed by atoms with E-state index in [1.165, 1.54) is 5.56 Å². The first kappa shape index (κ1) is 16.6. The maximum atomic E-state index is 12.9. The number of nitrogens with zero attached hydrogens (tertiary/aromatic N) is 4. The lowest BCUT2D eigenvalue weighted by molar-refractivity contribution is -0.0126. The van der Waals surface area contributed by atoms with Gasteiger partial charge < -0.3 is 9.64 Å². The van der Waals surface area contributed by atoms with Crippen LogP contribution in [0.5, 0.6) is 0 Å². The summed E-state index contributed by atoms with van der Waals surface area (Å²) < 4.78 is 7.30. The van der Waals surface area contributed by atoms with E-state index in [1.54, 1.807) is 4.68 Å². The van der Waals surface area contributed by atoms with Crippen molar-refractivity contribution in [3.05, 3.63) is 41.2 Å². The predicted molar refractivity (Wildman–Crippen MR) is 91.5 cm³/mol. The average molecular weight is 328 g/mol. The first-order valence-electron chi connectivity index (χ1n) is 8.41. The number of ether oxygens (including phenoxy) is 1. The molecular formula is C18H24N4O2. The molecule has 1 aromatic carbocycles. The first-order valence-corrected chi connectivity index (χ1v) is 8.41. The smallest absolute Gasteiger partial charge is 0.276 e. The second kappa shape index (κ2) is 6.73. The molecule has 24 heavy (non-hydrogen) atoms. The number of amides is 1. The van der Waals surface area contributed by atoms with Crippen LogP contribution in [0.15, 0.2) is 24.3 Å². The molecule has 1 aliphatic rings. The summed E-state index contributed by atoms with van der Waals surface area (Å²) in [7, 11) is 0. The number of hydrogen-bond acceptors (Lipinski definition) is 4.